The van der Waals surface area contributed by atoms with Gasteiger partial charge in [0, 0.05) is 18.7 Å². The molecule has 0 amide bonds. The maximum absolute atomic E-state index is 13.3. The van der Waals surface area contributed by atoms with Gasteiger partial charge in [0.05, 0.1) is 16.7 Å². The number of nitrogens with zero attached hydrogens (tertiary/aromatic N) is 3. The first kappa shape index (κ1) is 16.3. The van der Waals surface area contributed by atoms with Gasteiger partial charge in [-0.3, -0.25) is 10.1 Å². The maximum atomic E-state index is 13.3. The molecule has 0 fully saturated rings. The normalized spacial score (nSPS) is 10.3. The Morgan fingerprint density at radius 1 is 1.08 bits per heavy atom. The molecule has 0 unspecified atom stereocenters. The van der Waals surface area contributed by atoms with Gasteiger partial charge < -0.3 is 10.6 Å². The van der Waals surface area contributed by atoms with Crippen LogP contribution in [0.2, 0.25) is 0 Å². The molecule has 0 radical (unpaired) electrons. The number of aromatic nitrogens is 2. The van der Waals surface area contributed by atoms with Crippen LogP contribution in [0.15, 0.2) is 54.6 Å². The standard InChI is InChI=1S/C17H14FN5O2/c1-19-17-21-14(11-5-3-2-4-6-11)10-16(22-17)20-13-8-7-12(18)9-15(13)23(24)25/h2-10H,1H3,(H2,19,20,21,22). The molecule has 3 rings (SSSR count). The van der Waals surface area contributed by atoms with E-state index in [1.54, 1.807) is 13.1 Å². The second-order valence-electron chi connectivity index (χ2n) is 5.12. The number of hydrogen-bond donors (Lipinski definition) is 2. The Morgan fingerprint density at radius 2 is 1.84 bits per heavy atom. The second kappa shape index (κ2) is 6.91. The minimum atomic E-state index is -0.680. The lowest BCUT2D eigenvalue weighted by Crippen LogP contribution is -2.03. The fraction of sp³-hybridized carbons (Fsp3) is 0.0588. The van der Waals surface area contributed by atoms with Crippen LogP contribution in [0.3, 0.4) is 0 Å². The third-order valence-corrected chi connectivity index (χ3v) is 3.44. The van der Waals surface area contributed by atoms with Crippen LogP contribution >= 0.6 is 0 Å². The van der Waals surface area contributed by atoms with Crippen molar-refractivity contribution in [3.05, 3.63) is 70.5 Å². The molecule has 126 valence electrons. The highest BCUT2D eigenvalue weighted by Crippen LogP contribution is 2.29. The molecular formula is C17H14FN5O2. The van der Waals surface area contributed by atoms with E-state index in [4.69, 9.17) is 0 Å². The van der Waals surface area contributed by atoms with E-state index in [2.05, 4.69) is 20.6 Å². The van der Waals surface area contributed by atoms with Gasteiger partial charge in [-0.15, -0.1) is 0 Å². The van der Waals surface area contributed by atoms with Gasteiger partial charge in [0.15, 0.2) is 0 Å². The van der Waals surface area contributed by atoms with Gasteiger partial charge in [0.2, 0.25) is 5.95 Å². The minimum absolute atomic E-state index is 0.145. The smallest absolute Gasteiger partial charge is 0.295 e. The van der Waals surface area contributed by atoms with Crippen LogP contribution in [0.5, 0.6) is 0 Å². The van der Waals surface area contributed by atoms with Crippen LogP contribution in [-0.4, -0.2) is 21.9 Å². The van der Waals surface area contributed by atoms with Crippen molar-refractivity contribution < 1.29 is 9.31 Å². The highest BCUT2D eigenvalue weighted by atomic mass is 19.1. The number of nitro groups is 1. The molecule has 1 heterocycles. The fourth-order valence-electron chi connectivity index (χ4n) is 2.28. The zero-order valence-corrected chi connectivity index (χ0v) is 13.2. The topological polar surface area (TPSA) is 93.0 Å². The first-order valence-electron chi connectivity index (χ1n) is 7.40. The lowest BCUT2D eigenvalue weighted by molar-refractivity contribution is -0.384. The predicted octanol–water partition coefficient (Wildman–Crippen LogP) is 3.98. The van der Waals surface area contributed by atoms with E-state index >= 15 is 0 Å². The van der Waals surface area contributed by atoms with E-state index in [1.165, 1.54) is 6.07 Å². The second-order valence-corrected chi connectivity index (χ2v) is 5.12. The van der Waals surface area contributed by atoms with Crippen LogP contribution in [0.4, 0.5) is 27.5 Å². The van der Waals surface area contributed by atoms with E-state index in [0.29, 0.717) is 17.5 Å². The summed E-state index contributed by atoms with van der Waals surface area (Å²) in [5.41, 5.74) is 1.29. The molecule has 2 aromatic carbocycles. The molecule has 8 heteroatoms. The number of benzene rings is 2. The van der Waals surface area contributed by atoms with Gasteiger partial charge in [-0.2, -0.15) is 4.98 Å². The molecule has 0 spiro atoms. The van der Waals surface area contributed by atoms with Crippen molar-refractivity contribution in [1.29, 1.82) is 0 Å². The Labute approximate surface area is 142 Å². The van der Waals surface area contributed by atoms with E-state index in [-0.39, 0.29) is 11.4 Å². The van der Waals surface area contributed by atoms with E-state index in [1.807, 2.05) is 30.3 Å². The summed E-state index contributed by atoms with van der Waals surface area (Å²) in [6, 6.07) is 14.4. The summed E-state index contributed by atoms with van der Waals surface area (Å²) in [4.78, 5) is 19.1. The van der Waals surface area contributed by atoms with Gasteiger partial charge in [-0.25, -0.2) is 9.37 Å². The number of halogens is 1. The molecular weight excluding hydrogens is 325 g/mol. The molecule has 0 saturated carbocycles. The lowest BCUT2D eigenvalue weighted by Gasteiger charge is -2.10. The van der Waals surface area contributed by atoms with Crippen molar-refractivity contribution in [2.24, 2.45) is 0 Å². The molecule has 1 aromatic heterocycles. The Kier molecular flexibility index (Phi) is 4.51. The number of nitro benzene ring substituents is 1. The molecule has 0 aliphatic rings. The first-order chi connectivity index (χ1) is 12.1. The van der Waals surface area contributed by atoms with Gasteiger partial charge in [0.1, 0.15) is 17.3 Å². The van der Waals surface area contributed by atoms with Gasteiger partial charge in [-0.05, 0) is 12.1 Å². The Morgan fingerprint density at radius 3 is 2.52 bits per heavy atom. The summed E-state index contributed by atoms with van der Waals surface area (Å²) in [5.74, 6) is 0.0300. The fourth-order valence-corrected chi connectivity index (χ4v) is 2.28. The van der Waals surface area contributed by atoms with E-state index in [9.17, 15) is 14.5 Å². The summed E-state index contributed by atoms with van der Waals surface area (Å²) in [6.07, 6.45) is 0. The van der Waals surface area contributed by atoms with Gasteiger partial charge >= 0.3 is 0 Å². The van der Waals surface area contributed by atoms with Crippen LogP contribution in [0.25, 0.3) is 11.3 Å². The molecule has 2 N–H and O–H groups in total. The summed E-state index contributed by atoms with van der Waals surface area (Å²) >= 11 is 0. The Hall–Kier alpha value is -3.55. The van der Waals surface area contributed by atoms with Gasteiger partial charge in [0.25, 0.3) is 5.69 Å². The average molecular weight is 339 g/mol. The monoisotopic (exact) mass is 339 g/mol. The van der Waals surface area contributed by atoms with Crippen LogP contribution in [0.1, 0.15) is 0 Å². The lowest BCUT2D eigenvalue weighted by atomic mass is 10.1. The third kappa shape index (κ3) is 3.69. The van der Waals surface area contributed by atoms with Crippen molar-refractivity contribution >= 4 is 23.1 Å². The Bertz CT molecular complexity index is 918. The Balaban J connectivity index is 2.02. The van der Waals surface area contributed by atoms with Crippen LogP contribution in [-0.2, 0) is 0 Å². The highest BCUT2D eigenvalue weighted by molar-refractivity contribution is 5.71. The molecule has 3 aromatic rings. The number of nitrogens with one attached hydrogen (secondary N) is 2. The largest absolute Gasteiger partial charge is 0.357 e. The molecule has 0 aliphatic heterocycles. The first-order valence-corrected chi connectivity index (χ1v) is 7.40. The number of hydrogen-bond acceptors (Lipinski definition) is 6. The zero-order valence-electron chi connectivity index (χ0n) is 13.2. The van der Waals surface area contributed by atoms with Crippen LogP contribution < -0.4 is 10.6 Å². The van der Waals surface area contributed by atoms with Crippen molar-refractivity contribution in [3.63, 3.8) is 0 Å². The molecule has 25 heavy (non-hydrogen) atoms. The number of anilines is 3. The molecule has 0 saturated heterocycles. The third-order valence-electron chi connectivity index (χ3n) is 3.44. The molecule has 7 nitrogen and oxygen atoms in total. The van der Waals surface area contributed by atoms with E-state index in [0.717, 1.165) is 17.7 Å². The zero-order chi connectivity index (χ0) is 17.8. The average Bonchev–Trinajstić information content (AvgIpc) is 2.63. The molecule has 0 bridgehead atoms. The minimum Gasteiger partial charge on any atom is -0.357 e. The van der Waals surface area contributed by atoms with Crippen molar-refractivity contribution in [2.45, 2.75) is 0 Å². The van der Waals surface area contributed by atoms with Crippen molar-refractivity contribution in [1.82, 2.24) is 9.97 Å². The highest BCUT2D eigenvalue weighted by Gasteiger charge is 2.16. The van der Waals surface area contributed by atoms with Crippen molar-refractivity contribution in [2.75, 3.05) is 17.7 Å². The number of rotatable bonds is 5. The molecule has 0 aliphatic carbocycles. The quantitative estimate of drug-likeness (QED) is 0.539. The SMILES string of the molecule is CNc1nc(Nc2ccc(F)cc2[N+](=O)[O-])cc(-c2ccccc2)n1. The van der Waals surface area contributed by atoms with Gasteiger partial charge in [-0.1, -0.05) is 30.3 Å². The summed E-state index contributed by atoms with van der Waals surface area (Å²) in [7, 11) is 1.67. The van der Waals surface area contributed by atoms with Crippen LogP contribution in [0, 0.1) is 15.9 Å². The predicted molar refractivity (Wildman–Crippen MR) is 93.4 cm³/mol. The summed E-state index contributed by atoms with van der Waals surface area (Å²) in [5, 5.41) is 16.8. The maximum Gasteiger partial charge on any atom is 0.295 e. The molecule has 0 atom stereocenters. The van der Waals surface area contributed by atoms with Crippen molar-refractivity contribution in [3.8, 4) is 11.3 Å². The van der Waals surface area contributed by atoms with E-state index < -0.39 is 10.7 Å². The summed E-state index contributed by atoms with van der Waals surface area (Å²) in [6.45, 7) is 0. The summed E-state index contributed by atoms with van der Waals surface area (Å²) < 4.78 is 13.3.